The monoisotopic (exact) mass is 398 g/mol. The molecule has 1 aromatic carbocycles. The number of aryl methyl sites for hydroxylation is 1. The highest BCUT2D eigenvalue weighted by atomic mass is 35.5. The lowest BCUT2D eigenvalue weighted by Crippen LogP contribution is -2.26. The van der Waals surface area contributed by atoms with Crippen molar-refractivity contribution in [3.63, 3.8) is 0 Å². The third-order valence-electron chi connectivity index (χ3n) is 4.05. The summed E-state index contributed by atoms with van der Waals surface area (Å²) in [5.41, 5.74) is 0.592. The Kier molecular flexibility index (Phi) is 7.01. The van der Waals surface area contributed by atoms with Crippen molar-refractivity contribution >= 4 is 29.0 Å². The third kappa shape index (κ3) is 4.74. The maximum absolute atomic E-state index is 13.4. The van der Waals surface area contributed by atoms with Crippen LogP contribution in [-0.2, 0) is 12.0 Å². The van der Waals surface area contributed by atoms with Crippen LogP contribution >= 0.6 is 23.1 Å². The number of methoxy groups -OCH3 is 1. The van der Waals surface area contributed by atoms with Crippen molar-refractivity contribution in [2.45, 2.75) is 45.6 Å². The SMILES string of the molecule is CCCCc1cn(C(C)(C)CF)s/c1=N\C(=O)c1cc(Cl)ccc1OC. The van der Waals surface area contributed by atoms with Crippen LogP contribution in [0.5, 0.6) is 5.75 Å². The van der Waals surface area contributed by atoms with Crippen molar-refractivity contribution in [3.8, 4) is 5.75 Å². The fourth-order valence-electron chi connectivity index (χ4n) is 2.36. The highest BCUT2D eigenvalue weighted by Gasteiger charge is 2.22. The maximum atomic E-state index is 13.4. The van der Waals surface area contributed by atoms with Gasteiger partial charge in [0.05, 0.1) is 18.2 Å². The van der Waals surface area contributed by atoms with E-state index in [0.717, 1.165) is 24.8 Å². The van der Waals surface area contributed by atoms with Crippen LogP contribution in [-0.4, -0.2) is 23.6 Å². The van der Waals surface area contributed by atoms with E-state index in [0.29, 0.717) is 21.0 Å². The number of halogens is 2. The van der Waals surface area contributed by atoms with Crippen molar-refractivity contribution in [3.05, 3.63) is 45.2 Å². The lowest BCUT2D eigenvalue weighted by molar-refractivity contribution is 0.0996. The first-order valence-corrected chi connectivity index (χ1v) is 9.68. The molecule has 0 aliphatic heterocycles. The second kappa shape index (κ2) is 8.82. The van der Waals surface area contributed by atoms with Crippen LogP contribution in [0.2, 0.25) is 5.02 Å². The summed E-state index contributed by atoms with van der Waals surface area (Å²) in [5, 5.41) is 0.440. The van der Waals surface area contributed by atoms with E-state index in [4.69, 9.17) is 16.3 Å². The van der Waals surface area contributed by atoms with Crippen molar-refractivity contribution in [1.29, 1.82) is 0 Å². The number of rotatable bonds is 7. The minimum absolute atomic E-state index is 0.311. The Hall–Kier alpha value is -1.66. The largest absolute Gasteiger partial charge is 0.496 e. The molecule has 0 aliphatic rings. The molecular formula is C19H24ClFN2O2S. The number of carbonyl (C=O) groups excluding carboxylic acids is 1. The van der Waals surface area contributed by atoms with Gasteiger partial charge in [0.1, 0.15) is 17.1 Å². The van der Waals surface area contributed by atoms with Crippen LogP contribution in [0, 0.1) is 0 Å². The lowest BCUT2D eigenvalue weighted by atomic mass is 10.1. The number of hydrogen-bond donors (Lipinski definition) is 0. The zero-order chi connectivity index (χ0) is 19.3. The smallest absolute Gasteiger partial charge is 0.282 e. The summed E-state index contributed by atoms with van der Waals surface area (Å²) in [7, 11) is 1.50. The van der Waals surface area contributed by atoms with Gasteiger partial charge in [-0.25, -0.2) is 4.39 Å². The van der Waals surface area contributed by atoms with E-state index < -0.39 is 18.1 Å². The molecule has 26 heavy (non-hydrogen) atoms. The number of unbranched alkanes of at least 4 members (excludes halogenated alkanes) is 1. The molecule has 0 atom stereocenters. The van der Waals surface area contributed by atoms with Crippen LogP contribution in [0.3, 0.4) is 0 Å². The number of alkyl halides is 1. The molecule has 2 aromatic rings. The van der Waals surface area contributed by atoms with Gasteiger partial charge in [0, 0.05) is 16.8 Å². The van der Waals surface area contributed by atoms with Crippen molar-refractivity contribution in [2.24, 2.45) is 4.99 Å². The number of aromatic nitrogens is 1. The van der Waals surface area contributed by atoms with Crippen LogP contribution in [0.25, 0.3) is 0 Å². The number of nitrogens with zero attached hydrogens (tertiary/aromatic N) is 2. The molecule has 0 fully saturated rings. The summed E-state index contributed by atoms with van der Waals surface area (Å²) in [4.78, 5) is 17.0. The topological polar surface area (TPSA) is 43.6 Å². The predicted molar refractivity (Wildman–Crippen MR) is 104 cm³/mol. The van der Waals surface area contributed by atoms with Crippen molar-refractivity contribution in [2.75, 3.05) is 13.8 Å². The number of carbonyl (C=O) groups is 1. The fraction of sp³-hybridized carbons (Fsp3) is 0.474. The van der Waals surface area contributed by atoms with Gasteiger partial charge in [-0.2, -0.15) is 4.99 Å². The molecule has 142 valence electrons. The molecule has 0 radical (unpaired) electrons. The van der Waals surface area contributed by atoms with E-state index in [2.05, 4.69) is 11.9 Å². The normalized spacial score (nSPS) is 12.5. The molecule has 4 nitrogen and oxygen atoms in total. The summed E-state index contributed by atoms with van der Waals surface area (Å²) in [6, 6.07) is 4.85. The molecule has 0 aliphatic carbocycles. The Balaban J connectivity index is 2.51. The van der Waals surface area contributed by atoms with Crippen LogP contribution in [0.1, 0.15) is 49.5 Å². The first-order chi connectivity index (χ1) is 12.3. The van der Waals surface area contributed by atoms with Gasteiger partial charge in [-0.1, -0.05) is 24.9 Å². The van der Waals surface area contributed by atoms with Crippen molar-refractivity contribution in [1.82, 2.24) is 3.96 Å². The molecule has 2 rings (SSSR count). The van der Waals surface area contributed by atoms with E-state index >= 15 is 0 Å². The second-order valence-corrected chi connectivity index (χ2v) is 8.09. The number of ether oxygens (including phenoxy) is 1. The summed E-state index contributed by atoms with van der Waals surface area (Å²) < 4.78 is 21.1. The van der Waals surface area contributed by atoms with Gasteiger partial charge < -0.3 is 4.74 Å². The second-order valence-electron chi connectivity index (χ2n) is 6.69. The van der Waals surface area contributed by atoms with E-state index in [9.17, 15) is 9.18 Å². The highest BCUT2D eigenvalue weighted by Crippen LogP contribution is 2.24. The van der Waals surface area contributed by atoms with Gasteiger partial charge >= 0.3 is 0 Å². The van der Waals surface area contributed by atoms with Crippen molar-refractivity contribution < 1.29 is 13.9 Å². The fourth-order valence-corrected chi connectivity index (χ4v) is 3.59. The molecule has 0 N–H and O–H groups in total. The quantitative estimate of drug-likeness (QED) is 0.658. The van der Waals surface area contributed by atoms with E-state index in [1.165, 1.54) is 18.6 Å². The molecule has 1 aromatic heterocycles. The zero-order valence-electron chi connectivity index (χ0n) is 15.5. The predicted octanol–water partition coefficient (Wildman–Crippen LogP) is 5.00. The van der Waals surface area contributed by atoms with E-state index in [1.54, 1.807) is 18.2 Å². The minimum atomic E-state index is -0.670. The van der Waals surface area contributed by atoms with Gasteiger partial charge in [0.25, 0.3) is 5.91 Å². The Morgan fingerprint density at radius 2 is 2.15 bits per heavy atom. The van der Waals surface area contributed by atoms with Crippen LogP contribution in [0.15, 0.2) is 29.4 Å². The molecule has 0 unspecified atom stereocenters. The molecule has 7 heteroatoms. The Bertz CT molecular complexity index is 842. The summed E-state index contributed by atoms with van der Waals surface area (Å²) in [5.74, 6) is 0.000863. The molecule has 0 spiro atoms. The summed E-state index contributed by atoms with van der Waals surface area (Å²) in [6.45, 7) is 5.24. The van der Waals surface area contributed by atoms with Gasteiger partial charge in [-0.05, 0) is 56.4 Å². The number of hydrogen-bond acceptors (Lipinski definition) is 3. The van der Waals surface area contributed by atoms with E-state index in [-0.39, 0.29) is 0 Å². The van der Waals surface area contributed by atoms with E-state index in [1.807, 2.05) is 24.0 Å². The molecule has 0 saturated heterocycles. The van der Waals surface area contributed by atoms with Gasteiger partial charge in [0.2, 0.25) is 0 Å². The molecule has 1 amide bonds. The Morgan fingerprint density at radius 1 is 1.42 bits per heavy atom. The average molecular weight is 399 g/mol. The Labute approximate surface area is 162 Å². The first-order valence-electron chi connectivity index (χ1n) is 8.53. The molecule has 0 saturated carbocycles. The zero-order valence-corrected chi connectivity index (χ0v) is 17.1. The molecule has 1 heterocycles. The average Bonchev–Trinajstić information content (AvgIpc) is 3.03. The van der Waals surface area contributed by atoms with Gasteiger partial charge in [0.15, 0.2) is 0 Å². The summed E-state index contributed by atoms with van der Waals surface area (Å²) in [6.07, 6.45) is 4.70. The standard InChI is InChI=1S/C19H24ClFN2O2S/c1-5-6-7-13-11-23(19(2,3)12-21)26-18(13)22-17(24)15-10-14(20)8-9-16(15)25-4/h8-11H,5-7,12H2,1-4H3/b22-18-. The van der Waals surface area contributed by atoms with Crippen LogP contribution in [0.4, 0.5) is 4.39 Å². The van der Waals surface area contributed by atoms with Gasteiger partial charge in [-0.3, -0.25) is 8.75 Å². The maximum Gasteiger partial charge on any atom is 0.282 e. The summed E-state index contributed by atoms with van der Waals surface area (Å²) >= 11 is 7.31. The molecule has 0 bridgehead atoms. The van der Waals surface area contributed by atoms with Gasteiger partial charge in [-0.15, -0.1) is 0 Å². The number of amides is 1. The van der Waals surface area contributed by atoms with Crippen LogP contribution < -0.4 is 9.41 Å². The minimum Gasteiger partial charge on any atom is -0.496 e. The first kappa shape index (κ1) is 20.6. The third-order valence-corrected chi connectivity index (χ3v) is 5.61. The molecular weight excluding hydrogens is 375 g/mol. The highest BCUT2D eigenvalue weighted by molar-refractivity contribution is 7.04. The number of benzene rings is 1. The Morgan fingerprint density at radius 3 is 2.77 bits per heavy atom. The lowest BCUT2D eigenvalue weighted by Gasteiger charge is -2.21.